The number of fused-ring (bicyclic) bond motifs is 3. The van der Waals surface area contributed by atoms with E-state index in [1.807, 2.05) is 35.7 Å². The first-order valence-electron chi connectivity index (χ1n) is 11.0. The van der Waals surface area contributed by atoms with Crippen molar-refractivity contribution in [2.24, 2.45) is 7.05 Å². The van der Waals surface area contributed by atoms with Crippen molar-refractivity contribution >= 4 is 16.9 Å². The van der Waals surface area contributed by atoms with Crippen LogP contribution in [-0.4, -0.2) is 60.8 Å². The summed E-state index contributed by atoms with van der Waals surface area (Å²) in [5, 5.41) is 0. The second kappa shape index (κ2) is 8.07. The Morgan fingerprint density at radius 1 is 1.09 bits per heavy atom. The number of morpholine rings is 1. The molecule has 4 heterocycles. The van der Waals surface area contributed by atoms with Gasteiger partial charge in [-0.3, -0.25) is 23.2 Å². The highest BCUT2D eigenvalue weighted by molar-refractivity contribution is 5.75. The van der Waals surface area contributed by atoms with Gasteiger partial charge in [0.05, 0.1) is 19.3 Å². The molecule has 0 N–H and O–H groups in total. The lowest BCUT2D eigenvalue weighted by molar-refractivity contribution is 0.0361. The van der Waals surface area contributed by atoms with Crippen LogP contribution < -0.4 is 11.2 Å². The van der Waals surface area contributed by atoms with Gasteiger partial charge in [-0.2, -0.15) is 4.98 Å². The Bertz CT molecular complexity index is 1390. The number of ether oxygens (including phenoxy) is 1. The molecule has 4 aromatic rings. The first kappa shape index (κ1) is 20.7. The van der Waals surface area contributed by atoms with Crippen LogP contribution in [0.5, 0.6) is 0 Å². The average molecular weight is 437 g/mol. The summed E-state index contributed by atoms with van der Waals surface area (Å²) in [5.41, 5.74) is 2.36. The fraction of sp³-hybridized carbons (Fsp3) is 0.435. The lowest BCUT2D eigenvalue weighted by atomic mass is 10.1. The smallest absolute Gasteiger partial charge is 0.332 e. The molecule has 0 aliphatic carbocycles. The maximum Gasteiger partial charge on any atom is 0.332 e. The minimum absolute atomic E-state index is 0.0334. The highest BCUT2D eigenvalue weighted by atomic mass is 16.5. The average Bonchev–Trinajstić information content (AvgIpc) is 3.33. The summed E-state index contributed by atoms with van der Waals surface area (Å²) < 4.78 is 12.1. The third-order valence-electron chi connectivity index (χ3n) is 6.48. The zero-order chi connectivity index (χ0) is 22.4. The van der Waals surface area contributed by atoms with Crippen LogP contribution in [0.2, 0.25) is 0 Å². The van der Waals surface area contributed by atoms with Crippen molar-refractivity contribution in [1.82, 2.24) is 28.0 Å². The minimum Gasteiger partial charge on any atom is -0.379 e. The van der Waals surface area contributed by atoms with E-state index in [4.69, 9.17) is 9.72 Å². The number of nitrogens with zero attached hydrogens (tertiary/aromatic N) is 6. The van der Waals surface area contributed by atoms with E-state index < -0.39 is 0 Å². The molecule has 0 bridgehead atoms. The molecule has 0 spiro atoms. The van der Waals surface area contributed by atoms with Gasteiger partial charge in [-0.05, 0) is 19.4 Å². The number of aryl methyl sites for hydroxylation is 2. The zero-order valence-electron chi connectivity index (χ0n) is 18.7. The summed E-state index contributed by atoms with van der Waals surface area (Å²) in [6.45, 7) is 8.09. The lowest BCUT2D eigenvalue weighted by Crippen LogP contribution is -2.44. The molecule has 0 radical (unpaired) electrons. The number of hydrogen-bond acceptors (Lipinski definition) is 5. The van der Waals surface area contributed by atoms with E-state index in [2.05, 4.69) is 28.5 Å². The molecule has 32 heavy (non-hydrogen) atoms. The first-order valence-corrected chi connectivity index (χ1v) is 11.0. The molecule has 9 nitrogen and oxygen atoms in total. The van der Waals surface area contributed by atoms with E-state index in [1.165, 1.54) is 9.13 Å². The Balaban J connectivity index is 1.63. The Labute approximate surface area is 185 Å². The fourth-order valence-corrected chi connectivity index (χ4v) is 4.65. The number of benzene rings is 1. The molecule has 1 aliphatic heterocycles. The summed E-state index contributed by atoms with van der Waals surface area (Å²) in [6, 6.07) is 10.2. The first-order chi connectivity index (χ1) is 15.5. The monoisotopic (exact) mass is 436 g/mol. The highest BCUT2D eigenvalue weighted by Crippen LogP contribution is 2.25. The molecule has 0 saturated carbocycles. The highest BCUT2D eigenvalue weighted by Gasteiger charge is 2.23. The summed E-state index contributed by atoms with van der Waals surface area (Å²) in [5.74, 6) is 0.659. The summed E-state index contributed by atoms with van der Waals surface area (Å²) >= 11 is 0. The van der Waals surface area contributed by atoms with Crippen LogP contribution in [0.25, 0.3) is 16.9 Å². The summed E-state index contributed by atoms with van der Waals surface area (Å²) in [7, 11) is 1.68. The van der Waals surface area contributed by atoms with Crippen molar-refractivity contribution in [2.75, 3.05) is 32.8 Å². The number of hydrogen-bond donors (Lipinski definition) is 0. The van der Waals surface area contributed by atoms with Gasteiger partial charge in [0, 0.05) is 45.1 Å². The van der Waals surface area contributed by atoms with Crippen LogP contribution in [0.1, 0.15) is 24.2 Å². The van der Waals surface area contributed by atoms with Crippen LogP contribution in [0.4, 0.5) is 0 Å². The van der Waals surface area contributed by atoms with E-state index in [9.17, 15) is 9.59 Å². The van der Waals surface area contributed by atoms with Gasteiger partial charge in [-0.1, -0.05) is 30.3 Å². The van der Waals surface area contributed by atoms with Gasteiger partial charge < -0.3 is 9.30 Å². The fourth-order valence-electron chi connectivity index (χ4n) is 4.65. The van der Waals surface area contributed by atoms with Gasteiger partial charge in [-0.15, -0.1) is 0 Å². The van der Waals surface area contributed by atoms with Crippen LogP contribution in [0.3, 0.4) is 0 Å². The van der Waals surface area contributed by atoms with E-state index in [-0.39, 0.29) is 17.3 Å². The van der Waals surface area contributed by atoms with Gasteiger partial charge in [-0.25, -0.2) is 4.79 Å². The summed E-state index contributed by atoms with van der Waals surface area (Å²) in [6.07, 6.45) is 1.93. The molecule has 168 valence electrons. The topological polar surface area (TPSA) is 78.7 Å². The molecular formula is C23H28N6O3. The largest absolute Gasteiger partial charge is 0.379 e. The van der Waals surface area contributed by atoms with Gasteiger partial charge in [0.2, 0.25) is 5.78 Å². The molecule has 1 aromatic carbocycles. The SMILES string of the molecule is Cc1cn2c3c(=O)n(CCN4CCOCC4)c(=O)n(C)c3nc2n1[C@H](C)c1ccccc1. The second-order valence-electron chi connectivity index (χ2n) is 8.43. The van der Waals surface area contributed by atoms with Gasteiger partial charge in [0.25, 0.3) is 5.56 Å². The maximum absolute atomic E-state index is 13.4. The van der Waals surface area contributed by atoms with Crippen molar-refractivity contribution in [2.45, 2.75) is 26.4 Å². The summed E-state index contributed by atoms with van der Waals surface area (Å²) in [4.78, 5) is 33.4. The Morgan fingerprint density at radius 3 is 2.53 bits per heavy atom. The van der Waals surface area contributed by atoms with E-state index >= 15 is 0 Å². The Morgan fingerprint density at radius 2 is 1.81 bits per heavy atom. The van der Waals surface area contributed by atoms with Gasteiger partial charge >= 0.3 is 5.69 Å². The Kier molecular flexibility index (Phi) is 5.22. The minimum atomic E-state index is -0.337. The van der Waals surface area contributed by atoms with E-state index in [0.29, 0.717) is 43.2 Å². The van der Waals surface area contributed by atoms with Gasteiger partial charge in [0.1, 0.15) is 0 Å². The van der Waals surface area contributed by atoms with Crippen molar-refractivity contribution in [3.8, 4) is 0 Å². The van der Waals surface area contributed by atoms with Crippen molar-refractivity contribution in [3.63, 3.8) is 0 Å². The predicted molar refractivity (Wildman–Crippen MR) is 122 cm³/mol. The third kappa shape index (κ3) is 3.28. The van der Waals surface area contributed by atoms with Crippen molar-refractivity contribution in [1.29, 1.82) is 0 Å². The standard InChI is InChI=1S/C23H28N6O3/c1-16-15-28-19-20(24-22(28)29(16)17(2)18-7-5-4-6-8-18)25(3)23(31)27(21(19)30)10-9-26-11-13-32-14-12-26/h4-8,15,17H,9-14H2,1-3H3/t17-/m1/s1. The second-order valence-corrected chi connectivity index (χ2v) is 8.43. The molecule has 0 unspecified atom stereocenters. The zero-order valence-corrected chi connectivity index (χ0v) is 18.7. The molecule has 9 heteroatoms. The predicted octanol–water partition coefficient (Wildman–Crippen LogP) is 1.40. The normalized spacial score (nSPS) is 16.2. The van der Waals surface area contributed by atoms with Crippen LogP contribution in [0, 0.1) is 6.92 Å². The molecule has 1 fully saturated rings. The third-order valence-corrected chi connectivity index (χ3v) is 6.48. The van der Waals surface area contributed by atoms with Crippen LogP contribution >= 0.6 is 0 Å². The van der Waals surface area contributed by atoms with Gasteiger partial charge in [0.15, 0.2) is 11.2 Å². The van der Waals surface area contributed by atoms with Crippen molar-refractivity contribution < 1.29 is 4.74 Å². The molecule has 1 aliphatic rings. The van der Waals surface area contributed by atoms with E-state index in [1.54, 1.807) is 7.05 Å². The quantitative estimate of drug-likeness (QED) is 0.473. The lowest BCUT2D eigenvalue weighted by Gasteiger charge is -2.26. The molecule has 0 amide bonds. The van der Waals surface area contributed by atoms with Crippen LogP contribution in [-0.2, 0) is 18.3 Å². The molecule has 3 aromatic heterocycles. The molecule has 1 atom stereocenters. The number of imidazole rings is 2. The molecular weight excluding hydrogens is 408 g/mol. The Hall–Kier alpha value is -3.17. The number of rotatable bonds is 5. The van der Waals surface area contributed by atoms with Crippen LogP contribution in [0.15, 0.2) is 46.1 Å². The van der Waals surface area contributed by atoms with E-state index in [0.717, 1.165) is 24.3 Å². The molecule has 1 saturated heterocycles. The molecule has 5 rings (SSSR count). The number of aromatic nitrogens is 5. The maximum atomic E-state index is 13.4. The van der Waals surface area contributed by atoms with Crippen molar-refractivity contribution in [3.05, 3.63) is 68.6 Å².